The third-order valence-corrected chi connectivity index (χ3v) is 2.81. The van der Waals surface area contributed by atoms with Gasteiger partial charge in [0, 0.05) is 16.6 Å². The molecule has 0 bridgehead atoms. The van der Waals surface area contributed by atoms with E-state index in [-0.39, 0.29) is 11.7 Å². The molecule has 76 valence electrons. The Kier molecular flexibility index (Phi) is 4.26. The van der Waals surface area contributed by atoms with E-state index < -0.39 is 0 Å². The Morgan fingerprint density at radius 1 is 1.43 bits per heavy atom. The molecule has 0 fully saturated rings. The van der Waals surface area contributed by atoms with Crippen molar-refractivity contribution in [3.8, 4) is 0 Å². The van der Waals surface area contributed by atoms with Gasteiger partial charge in [0.05, 0.1) is 0 Å². The zero-order valence-corrected chi connectivity index (χ0v) is 10.0. The maximum Gasteiger partial charge on any atom is 0.184 e. The third kappa shape index (κ3) is 2.64. The number of hydrogen-bond donors (Lipinski definition) is 0. The Hall–Kier alpha value is -0.700. The van der Waals surface area contributed by atoms with Crippen LogP contribution in [0.2, 0.25) is 0 Å². The number of carbonyl (C=O) groups excluding carboxylic acids is 1. The Morgan fingerprint density at radius 2 is 2.07 bits per heavy atom. The van der Waals surface area contributed by atoms with E-state index in [1.54, 1.807) is 12.3 Å². The molecule has 0 spiro atoms. The lowest BCUT2D eigenvalue weighted by atomic mass is 9.96. The number of rotatable bonds is 4. The van der Waals surface area contributed by atoms with Gasteiger partial charge in [0.1, 0.15) is 5.69 Å². The highest BCUT2D eigenvalue weighted by molar-refractivity contribution is 9.10. The predicted octanol–water partition coefficient (Wildman–Crippen LogP) is 3.46. The van der Waals surface area contributed by atoms with E-state index in [1.165, 1.54) is 0 Å². The Bertz CT molecular complexity index is 304. The molecule has 0 aliphatic rings. The van der Waals surface area contributed by atoms with Crippen LogP contribution in [0.5, 0.6) is 0 Å². The van der Waals surface area contributed by atoms with Gasteiger partial charge in [-0.25, -0.2) is 0 Å². The molecule has 0 aliphatic heterocycles. The van der Waals surface area contributed by atoms with E-state index in [4.69, 9.17) is 0 Å². The second-order valence-electron chi connectivity index (χ2n) is 3.24. The molecule has 0 aliphatic carbocycles. The smallest absolute Gasteiger partial charge is 0.184 e. The third-order valence-electron chi connectivity index (χ3n) is 2.34. The molecule has 0 saturated carbocycles. The first-order valence-electron chi connectivity index (χ1n) is 4.84. The first kappa shape index (κ1) is 11.4. The molecule has 2 nitrogen and oxygen atoms in total. The molecule has 0 radical (unpaired) electrons. The number of carbonyl (C=O) groups is 1. The summed E-state index contributed by atoms with van der Waals surface area (Å²) in [5, 5.41) is 0. The van der Waals surface area contributed by atoms with Gasteiger partial charge in [-0.15, -0.1) is 0 Å². The lowest BCUT2D eigenvalue weighted by Crippen LogP contribution is -2.14. The molecule has 0 saturated heterocycles. The highest BCUT2D eigenvalue weighted by Gasteiger charge is 2.16. The second-order valence-corrected chi connectivity index (χ2v) is 4.16. The average molecular weight is 256 g/mol. The summed E-state index contributed by atoms with van der Waals surface area (Å²) in [5.41, 5.74) is 0.571. The lowest BCUT2D eigenvalue weighted by Gasteiger charge is -2.09. The molecule has 0 aromatic carbocycles. The first-order valence-corrected chi connectivity index (χ1v) is 5.64. The fourth-order valence-corrected chi connectivity index (χ4v) is 1.62. The molecule has 14 heavy (non-hydrogen) atoms. The SMILES string of the molecule is CCC(CC)C(=O)c1ccc(Br)cn1. The molecule has 3 heteroatoms. The van der Waals surface area contributed by atoms with Crippen LogP contribution in [0.4, 0.5) is 0 Å². The van der Waals surface area contributed by atoms with Gasteiger partial charge in [-0.05, 0) is 40.9 Å². The molecule has 1 aromatic heterocycles. The maximum absolute atomic E-state index is 11.8. The van der Waals surface area contributed by atoms with Crippen LogP contribution in [0.1, 0.15) is 37.2 Å². The summed E-state index contributed by atoms with van der Waals surface area (Å²) in [5.74, 6) is 0.270. The van der Waals surface area contributed by atoms with Gasteiger partial charge in [0.15, 0.2) is 5.78 Å². The normalized spacial score (nSPS) is 10.6. The van der Waals surface area contributed by atoms with Crippen molar-refractivity contribution in [2.45, 2.75) is 26.7 Å². The van der Waals surface area contributed by atoms with Gasteiger partial charge in [0.2, 0.25) is 0 Å². The van der Waals surface area contributed by atoms with Crippen LogP contribution >= 0.6 is 15.9 Å². The Labute approximate surface area is 92.9 Å². The first-order chi connectivity index (χ1) is 6.69. The van der Waals surface area contributed by atoms with Crippen LogP contribution in [0.3, 0.4) is 0 Å². The van der Waals surface area contributed by atoms with E-state index in [1.807, 2.05) is 19.9 Å². The number of ketones is 1. The van der Waals surface area contributed by atoms with Crippen LogP contribution in [0, 0.1) is 5.92 Å². The molecule has 1 heterocycles. The van der Waals surface area contributed by atoms with Crippen molar-refractivity contribution in [3.05, 3.63) is 28.5 Å². The molecule has 1 rings (SSSR count). The monoisotopic (exact) mass is 255 g/mol. The number of halogens is 1. The van der Waals surface area contributed by atoms with Gasteiger partial charge in [-0.1, -0.05) is 13.8 Å². The minimum atomic E-state index is 0.115. The van der Waals surface area contributed by atoms with E-state index in [2.05, 4.69) is 20.9 Å². The van der Waals surface area contributed by atoms with E-state index in [0.717, 1.165) is 17.3 Å². The van der Waals surface area contributed by atoms with Gasteiger partial charge in [0.25, 0.3) is 0 Å². The summed E-state index contributed by atoms with van der Waals surface area (Å²) in [4.78, 5) is 15.9. The summed E-state index contributed by atoms with van der Waals surface area (Å²) in [6, 6.07) is 3.62. The van der Waals surface area contributed by atoms with Gasteiger partial charge in [-0.2, -0.15) is 0 Å². The second kappa shape index (κ2) is 5.25. The van der Waals surface area contributed by atoms with Gasteiger partial charge in [-0.3, -0.25) is 9.78 Å². The molecular formula is C11H14BrNO. The minimum absolute atomic E-state index is 0.115. The van der Waals surface area contributed by atoms with Crippen molar-refractivity contribution < 1.29 is 4.79 Å². The van der Waals surface area contributed by atoms with Crippen LogP contribution in [-0.4, -0.2) is 10.8 Å². The molecule has 0 amide bonds. The van der Waals surface area contributed by atoms with Gasteiger partial charge >= 0.3 is 0 Å². The summed E-state index contributed by atoms with van der Waals surface area (Å²) >= 11 is 3.29. The zero-order chi connectivity index (χ0) is 10.6. The van der Waals surface area contributed by atoms with Crippen LogP contribution in [-0.2, 0) is 0 Å². The number of Topliss-reactive ketones (excluding diaryl/α,β-unsaturated/α-hetero) is 1. The molecule has 0 N–H and O–H groups in total. The van der Waals surface area contributed by atoms with Crippen molar-refractivity contribution in [1.29, 1.82) is 0 Å². The van der Waals surface area contributed by atoms with E-state index in [9.17, 15) is 4.79 Å². The van der Waals surface area contributed by atoms with E-state index in [0.29, 0.717) is 5.69 Å². The largest absolute Gasteiger partial charge is 0.292 e. The fraction of sp³-hybridized carbons (Fsp3) is 0.455. The Morgan fingerprint density at radius 3 is 2.50 bits per heavy atom. The van der Waals surface area contributed by atoms with Crippen molar-refractivity contribution in [1.82, 2.24) is 4.98 Å². The quantitative estimate of drug-likeness (QED) is 0.772. The molecule has 0 atom stereocenters. The summed E-state index contributed by atoms with van der Waals surface area (Å²) in [7, 11) is 0. The number of nitrogens with zero attached hydrogens (tertiary/aromatic N) is 1. The summed E-state index contributed by atoms with van der Waals surface area (Å²) in [6.45, 7) is 4.07. The Balaban J connectivity index is 2.83. The fourth-order valence-electron chi connectivity index (χ4n) is 1.39. The van der Waals surface area contributed by atoms with Crippen molar-refractivity contribution in [3.63, 3.8) is 0 Å². The topological polar surface area (TPSA) is 30.0 Å². The summed E-state index contributed by atoms with van der Waals surface area (Å²) in [6.07, 6.45) is 3.43. The highest BCUT2D eigenvalue weighted by atomic mass is 79.9. The number of pyridine rings is 1. The van der Waals surface area contributed by atoms with Crippen LogP contribution in [0.15, 0.2) is 22.8 Å². The lowest BCUT2D eigenvalue weighted by molar-refractivity contribution is 0.0908. The van der Waals surface area contributed by atoms with E-state index >= 15 is 0 Å². The zero-order valence-electron chi connectivity index (χ0n) is 8.46. The average Bonchev–Trinajstić information content (AvgIpc) is 2.20. The maximum atomic E-state index is 11.8. The minimum Gasteiger partial charge on any atom is -0.292 e. The molecular weight excluding hydrogens is 242 g/mol. The standard InChI is InChI=1S/C11H14BrNO/c1-3-8(4-2)11(14)10-6-5-9(12)7-13-10/h5-8H,3-4H2,1-2H3. The predicted molar refractivity (Wildman–Crippen MR) is 60.3 cm³/mol. The molecule has 1 aromatic rings. The van der Waals surface area contributed by atoms with Crippen LogP contribution in [0.25, 0.3) is 0 Å². The number of hydrogen-bond acceptors (Lipinski definition) is 2. The van der Waals surface area contributed by atoms with Crippen molar-refractivity contribution in [2.75, 3.05) is 0 Å². The summed E-state index contributed by atoms with van der Waals surface area (Å²) < 4.78 is 0.901. The van der Waals surface area contributed by atoms with Crippen molar-refractivity contribution >= 4 is 21.7 Å². The number of aromatic nitrogens is 1. The van der Waals surface area contributed by atoms with Crippen LogP contribution < -0.4 is 0 Å². The van der Waals surface area contributed by atoms with Crippen molar-refractivity contribution in [2.24, 2.45) is 5.92 Å². The molecule has 0 unspecified atom stereocenters. The van der Waals surface area contributed by atoms with Gasteiger partial charge < -0.3 is 0 Å². The highest BCUT2D eigenvalue weighted by Crippen LogP contribution is 2.15.